The highest BCUT2D eigenvalue weighted by atomic mass is 16.5. The number of hydrogen-bond acceptors (Lipinski definition) is 4. The average Bonchev–Trinajstić information content (AvgIpc) is 2.85. The molecule has 0 spiro atoms. The minimum atomic E-state index is -0.284. The maximum Gasteiger partial charge on any atom is 0.276 e. The summed E-state index contributed by atoms with van der Waals surface area (Å²) < 4.78 is 12.6. The van der Waals surface area contributed by atoms with Crippen LogP contribution < -0.4 is 10.2 Å². The van der Waals surface area contributed by atoms with E-state index < -0.39 is 0 Å². The molecule has 1 aromatic heterocycles. The first-order valence-corrected chi connectivity index (χ1v) is 6.80. The molecule has 2 aliphatic rings. The Morgan fingerprint density at radius 2 is 2.10 bits per heavy atom. The number of methoxy groups -OCH3 is 2. The van der Waals surface area contributed by atoms with Crippen LogP contribution in [0, 0.1) is 0 Å². The minimum absolute atomic E-state index is 0.0529. The van der Waals surface area contributed by atoms with Gasteiger partial charge < -0.3 is 18.9 Å². The van der Waals surface area contributed by atoms with Crippen LogP contribution in [0.3, 0.4) is 0 Å². The van der Waals surface area contributed by atoms with Gasteiger partial charge in [0.15, 0.2) is 17.7 Å². The lowest BCUT2D eigenvalue weighted by Gasteiger charge is -2.40. The Morgan fingerprint density at radius 3 is 2.70 bits per heavy atom. The largest absolute Gasteiger partial charge is 0.491 e. The fourth-order valence-electron chi connectivity index (χ4n) is 3.39. The van der Waals surface area contributed by atoms with Crippen molar-refractivity contribution < 1.29 is 14.3 Å². The van der Waals surface area contributed by atoms with E-state index >= 15 is 0 Å². The molecule has 0 saturated heterocycles. The Hall–Kier alpha value is -1.82. The fourth-order valence-corrected chi connectivity index (χ4v) is 3.39. The number of hydrogen-bond donors (Lipinski definition) is 0. The molecule has 3 rings (SSSR count). The summed E-state index contributed by atoms with van der Waals surface area (Å²) in [5.74, 6) is -0.0630. The van der Waals surface area contributed by atoms with E-state index in [9.17, 15) is 9.59 Å². The number of nitrogens with zero attached hydrogens (tertiary/aromatic N) is 2. The smallest absolute Gasteiger partial charge is 0.276 e. The number of carbonyl (C=O) groups excluding carboxylic acids is 1. The molecule has 1 amide bonds. The molecule has 0 aliphatic carbocycles. The average molecular weight is 278 g/mol. The van der Waals surface area contributed by atoms with E-state index in [2.05, 4.69) is 0 Å². The van der Waals surface area contributed by atoms with Gasteiger partial charge in [-0.25, -0.2) is 0 Å². The van der Waals surface area contributed by atoms with Gasteiger partial charge in [0, 0.05) is 25.4 Å². The molecule has 0 bridgehead atoms. The quantitative estimate of drug-likeness (QED) is 0.820. The lowest BCUT2D eigenvalue weighted by Crippen LogP contribution is -2.51. The third-order valence-electron chi connectivity index (χ3n) is 4.20. The lowest BCUT2D eigenvalue weighted by molar-refractivity contribution is -0.0572. The van der Waals surface area contributed by atoms with Crippen LogP contribution in [0.2, 0.25) is 0 Å². The molecule has 1 aromatic rings. The molecule has 6 heteroatoms. The van der Waals surface area contributed by atoms with E-state index in [1.807, 2.05) is 11.5 Å². The van der Waals surface area contributed by atoms with Crippen LogP contribution in [0.5, 0.6) is 5.75 Å². The first-order chi connectivity index (χ1) is 9.63. The highest BCUT2D eigenvalue weighted by Gasteiger charge is 2.44. The van der Waals surface area contributed by atoms with E-state index in [-0.39, 0.29) is 29.4 Å². The molecule has 0 saturated carbocycles. The zero-order valence-electron chi connectivity index (χ0n) is 11.9. The zero-order valence-corrected chi connectivity index (χ0v) is 11.9. The van der Waals surface area contributed by atoms with Crippen molar-refractivity contribution in [3.63, 3.8) is 0 Å². The van der Waals surface area contributed by atoms with Crippen LogP contribution in [-0.2, 0) is 11.2 Å². The Balaban J connectivity index is 2.29. The van der Waals surface area contributed by atoms with Crippen molar-refractivity contribution in [3.8, 4) is 5.75 Å². The Bertz CT molecular complexity index is 622. The summed E-state index contributed by atoms with van der Waals surface area (Å²) in [6, 6.07) is 1.63. The molecule has 6 nitrogen and oxygen atoms in total. The molecule has 3 heterocycles. The number of pyridine rings is 1. The van der Waals surface area contributed by atoms with Gasteiger partial charge in [-0.1, -0.05) is 0 Å². The standard InChI is InChI=1S/C14H18N2O4/c1-4-15-13(18)11-12(19-2)10(17)7-8-5-6-9(16(8)11)14(15)20-3/h7,9,14H,4-6H2,1-3H3/t9-,14+/m0/s1. The number of carbonyl (C=O) groups is 1. The molecule has 0 aromatic carbocycles. The number of aromatic nitrogens is 1. The molecule has 20 heavy (non-hydrogen) atoms. The minimum Gasteiger partial charge on any atom is -0.491 e. The molecule has 0 radical (unpaired) electrons. The van der Waals surface area contributed by atoms with Gasteiger partial charge in [-0.2, -0.15) is 0 Å². The van der Waals surface area contributed by atoms with Crippen molar-refractivity contribution in [2.45, 2.75) is 32.0 Å². The van der Waals surface area contributed by atoms with E-state index in [4.69, 9.17) is 9.47 Å². The Labute approximate surface area is 116 Å². The second-order valence-corrected chi connectivity index (χ2v) is 5.08. The van der Waals surface area contributed by atoms with Gasteiger partial charge in [0.25, 0.3) is 5.91 Å². The number of aryl methyl sites for hydroxylation is 1. The zero-order chi connectivity index (χ0) is 14.4. The lowest BCUT2D eigenvalue weighted by atomic mass is 10.1. The second-order valence-electron chi connectivity index (χ2n) is 5.08. The van der Waals surface area contributed by atoms with Gasteiger partial charge in [-0.15, -0.1) is 0 Å². The van der Waals surface area contributed by atoms with Crippen LogP contribution in [0.15, 0.2) is 10.9 Å². The van der Waals surface area contributed by atoms with Crippen LogP contribution in [0.1, 0.15) is 35.6 Å². The summed E-state index contributed by atoms with van der Waals surface area (Å²) in [4.78, 5) is 26.4. The summed E-state index contributed by atoms with van der Waals surface area (Å²) >= 11 is 0. The monoisotopic (exact) mass is 278 g/mol. The van der Waals surface area contributed by atoms with E-state index in [1.54, 1.807) is 18.1 Å². The number of likely N-dealkylation sites (N-methyl/N-ethyl adjacent to an activating group) is 1. The summed E-state index contributed by atoms with van der Waals surface area (Å²) in [6.45, 7) is 2.44. The second kappa shape index (κ2) is 4.63. The molecular weight excluding hydrogens is 260 g/mol. The maximum atomic E-state index is 12.7. The number of rotatable bonds is 3. The van der Waals surface area contributed by atoms with E-state index in [0.29, 0.717) is 12.2 Å². The van der Waals surface area contributed by atoms with Crippen LogP contribution in [-0.4, -0.2) is 42.4 Å². The molecule has 0 unspecified atom stereocenters. The number of ether oxygens (including phenoxy) is 2. The molecule has 0 fully saturated rings. The van der Waals surface area contributed by atoms with E-state index in [0.717, 1.165) is 18.5 Å². The summed E-state index contributed by atoms with van der Waals surface area (Å²) in [7, 11) is 3.04. The Kier molecular flexibility index (Phi) is 3.05. The maximum absolute atomic E-state index is 12.7. The van der Waals surface area contributed by atoms with Gasteiger partial charge >= 0.3 is 0 Å². The predicted octanol–water partition coefficient (Wildman–Crippen LogP) is 0.792. The fraction of sp³-hybridized carbons (Fsp3) is 0.571. The summed E-state index contributed by atoms with van der Waals surface area (Å²) in [6.07, 6.45) is 1.36. The summed E-state index contributed by atoms with van der Waals surface area (Å²) in [5, 5.41) is 0. The van der Waals surface area contributed by atoms with Gasteiger partial charge in [0.2, 0.25) is 5.43 Å². The molecule has 2 aliphatic heterocycles. The summed E-state index contributed by atoms with van der Waals surface area (Å²) in [5.41, 5.74) is 1.03. The third-order valence-corrected chi connectivity index (χ3v) is 4.20. The van der Waals surface area contributed by atoms with Gasteiger partial charge in [-0.05, 0) is 19.8 Å². The SMILES string of the molecule is CCN1C(=O)c2c(OC)c(=O)cc3n2[C@@H](CC3)[C@H]1OC. The molecule has 108 valence electrons. The Morgan fingerprint density at radius 1 is 1.35 bits per heavy atom. The van der Waals surface area contributed by atoms with Crippen molar-refractivity contribution in [2.24, 2.45) is 0 Å². The van der Waals surface area contributed by atoms with Crippen molar-refractivity contribution >= 4 is 5.91 Å². The highest BCUT2D eigenvalue weighted by molar-refractivity contribution is 5.96. The van der Waals surface area contributed by atoms with Crippen molar-refractivity contribution in [2.75, 3.05) is 20.8 Å². The molecular formula is C14H18N2O4. The van der Waals surface area contributed by atoms with Crippen molar-refractivity contribution in [1.29, 1.82) is 0 Å². The van der Waals surface area contributed by atoms with Crippen LogP contribution in [0.25, 0.3) is 0 Å². The normalized spacial score (nSPS) is 23.9. The highest BCUT2D eigenvalue weighted by Crippen LogP contribution is 2.39. The predicted molar refractivity (Wildman–Crippen MR) is 72.1 cm³/mol. The number of amides is 1. The first-order valence-electron chi connectivity index (χ1n) is 6.80. The van der Waals surface area contributed by atoms with Gasteiger partial charge in [0.1, 0.15) is 0 Å². The third kappa shape index (κ3) is 1.54. The topological polar surface area (TPSA) is 60.8 Å². The van der Waals surface area contributed by atoms with Gasteiger partial charge in [-0.3, -0.25) is 9.59 Å². The molecule has 2 atom stereocenters. The van der Waals surface area contributed by atoms with Gasteiger partial charge in [0.05, 0.1) is 13.2 Å². The van der Waals surface area contributed by atoms with Crippen LogP contribution in [0.4, 0.5) is 0 Å². The first kappa shape index (κ1) is 13.2. The van der Waals surface area contributed by atoms with Crippen LogP contribution >= 0.6 is 0 Å². The van der Waals surface area contributed by atoms with Crippen molar-refractivity contribution in [1.82, 2.24) is 9.47 Å². The van der Waals surface area contributed by atoms with Crippen molar-refractivity contribution in [3.05, 3.63) is 27.7 Å². The molecule has 0 N–H and O–H groups in total. The van der Waals surface area contributed by atoms with E-state index in [1.165, 1.54) is 7.11 Å².